The Bertz CT molecular complexity index is 492. The number of methoxy groups -OCH3 is 1. The molecule has 0 atom stereocenters. The van der Waals surface area contributed by atoms with Gasteiger partial charge in [-0.2, -0.15) is 0 Å². The molecule has 0 radical (unpaired) electrons. The van der Waals surface area contributed by atoms with Crippen molar-refractivity contribution in [3.63, 3.8) is 0 Å². The van der Waals surface area contributed by atoms with Gasteiger partial charge in [-0.1, -0.05) is 0 Å². The molecule has 0 unspecified atom stereocenters. The number of piperidine rings is 2. The quantitative estimate of drug-likeness (QED) is 0.923. The summed E-state index contributed by atoms with van der Waals surface area (Å²) in [6.07, 6.45) is 7.59. The van der Waals surface area contributed by atoms with Crippen molar-refractivity contribution in [2.24, 2.45) is 0 Å². The van der Waals surface area contributed by atoms with E-state index < -0.39 is 0 Å². The molecule has 0 spiro atoms. The number of rotatable bonds is 4. The van der Waals surface area contributed by atoms with Crippen molar-refractivity contribution in [2.75, 3.05) is 43.1 Å². The fourth-order valence-corrected chi connectivity index (χ4v) is 3.64. The van der Waals surface area contributed by atoms with Crippen molar-refractivity contribution < 1.29 is 9.84 Å². The van der Waals surface area contributed by atoms with Crippen LogP contribution in [0.5, 0.6) is 5.75 Å². The first-order valence-electron chi connectivity index (χ1n) is 8.64. The van der Waals surface area contributed by atoms with E-state index in [1.165, 1.54) is 44.2 Å². The van der Waals surface area contributed by atoms with Crippen LogP contribution in [0.3, 0.4) is 0 Å². The average molecular weight is 304 g/mol. The molecule has 0 aromatic heterocycles. The molecular formula is C18H28N2O2. The minimum Gasteiger partial charge on any atom is -0.505 e. The van der Waals surface area contributed by atoms with Crippen molar-refractivity contribution in [3.8, 4) is 5.75 Å². The summed E-state index contributed by atoms with van der Waals surface area (Å²) >= 11 is 0. The van der Waals surface area contributed by atoms with E-state index in [1.807, 2.05) is 0 Å². The summed E-state index contributed by atoms with van der Waals surface area (Å²) in [5.74, 6) is 0.407. The number of anilines is 2. The van der Waals surface area contributed by atoms with E-state index in [1.54, 1.807) is 7.11 Å². The van der Waals surface area contributed by atoms with E-state index in [4.69, 9.17) is 4.74 Å². The van der Waals surface area contributed by atoms with Crippen LogP contribution in [0.2, 0.25) is 0 Å². The lowest BCUT2D eigenvalue weighted by atomic mass is 10.0. The third kappa shape index (κ3) is 3.32. The molecule has 22 heavy (non-hydrogen) atoms. The number of benzene rings is 1. The standard InChI is InChI=1S/C18H28N2O2/c1-22-14-15-12-16(19-8-4-2-5-9-19)13-17(18(15)21)20-10-6-3-7-11-20/h12-13,21H,2-11,14H2,1H3. The maximum absolute atomic E-state index is 10.7. The van der Waals surface area contributed by atoms with E-state index in [0.717, 1.165) is 37.4 Å². The Morgan fingerprint density at radius 1 is 0.909 bits per heavy atom. The number of nitrogens with zero attached hydrogens (tertiary/aromatic N) is 2. The summed E-state index contributed by atoms with van der Waals surface area (Å²) in [4.78, 5) is 4.79. The fourth-order valence-electron chi connectivity index (χ4n) is 3.64. The van der Waals surface area contributed by atoms with Crippen LogP contribution in [-0.4, -0.2) is 38.4 Å². The Kier molecular flexibility index (Phi) is 5.08. The van der Waals surface area contributed by atoms with E-state index in [0.29, 0.717) is 12.4 Å². The average Bonchev–Trinajstić information content (AvgIpc) is 2.58. The van der Waals surface area contributed by atoms with Crippen molar-refractivity contribution in [1.29, 1.82) is 0 Å². The maximum Gasteiger partial charge on any atom is 0.144 e. The van der Waals surface area contributed by atoms with E-state index in [2.05, 4.69) is 21.9 Å². The molecule has 2 aliphatic rings. The van der Waals surface area contributed by atoms with Gasteiger partial charge in [-0.05, 0) is 50.7 Å². The van der Waals surface area contributed by atoms with Gasteiger partial charge in [0.2, 0.25) is 0 Å². The van der Waals surface area contributed by atoms with E-state index in [9.17, 15) is 5.11 Å². The number of phenols is 1. The molecule has 122 valence electrons. The van der Waals surface area contributed by atoms with Gasteiger partial charge >= 0.3 is 0 Å². The lowest BCUT2D eigenvalue weighted by Gasteiger charge is -2.33. The third-order valence-corrected chi connectivity index (χ3v) is 4.87. The van der Waals surface area contributed by atoms with E-state index in [-0.39, 0.29) is 0 Å². The van der Waals surface area contributed by atoms with Crippen LogP contribution < -0.4 is 9.80 Å². The molecule has 2 fully saturated rings. The number of aromatic hydroxyl groups is 1. The molecule has 0 saturated carbocycles. The zero-order valence-corrected chi connectivity index (χ0v) is 13.7. The molecule has 3 rings (SSSR count). The highest BCUT2D eigenvalue weighted by molar-refractivity contribution is 5.70. The lowest BCUT2D eigenvalue weighted by Crippen LogP contribution is -2.31. The highest BCUT2D eigenvalue weighted by atomic mass is 16.5. The van der Waals surface area contributed by atoms with Crippen LogP contribution in [0.1, 0.15) is 44.1 Å². The third-order valence-electron chi connectivity index (χ3n) is 4.87. The van der Waals surface area contributed by atoms with Crippen LogP contribution in [0.4, 0.5) is 11.4 Å². The second kappa shape index (κ2) is 7.23. The molecule has 2 heterocycles. The van der Waals surface area contributed by atoms with Gasteiger partial charge in [0.05, 0.1) is 12.3 Å². The fraction of sp³-hybridized carbons (Fsp3) is 0.667. The molecular weight excluding hydrogens is 276 g/mol. The van der Waals surface area contributed by atoms with Gasteiger partial charge in [-0.25, -0.2) is 0 Å². The molecule has 0 bridgehead atoms. The summed E-state index contributed by atoms with van der Waals surface area (Å²) in [6, 6.07) is 4.29. The van der Waals surface area contributed by atoms with Gasteiger partial charge in [0.25, 0.3) is 0 Å². The zero-order chi connectivity index (χ0) is 15.4. The molecule has 1 aromatic carbocycles. The van der Waals surface area contributed by atoms with Crippen LogP contribution in [0, 0.1) is 0 Å². The Morgan fingerprint density at radius 2 is 1.50 bits per heavy atom. The first-order chi connectivity index (χ1) is 10.8. The molecule has 2 saturated heterocycles. The van der Waals surface area contributed by atoms with Crippen LogP contribution in [-0.2, 0) is 11.3 Å². The predicted molar refractivity (Wildman–Crippen MR) is 90.9 cm³/mol. The van der Waals surface area contributed by atoms with Crippen molar-refractivity contribution in [1.82, 2.24) is 0 Å². The van der Waals surface area contributed by atoms with Crippen LogP contribution >= 0.6 is 0 Å². The summed E-state index contributed by atoms with van der Waals surface area (Å²) in [5, 5.41) is 10.7. The van der Waals surface area contributed by atoms with Gasteiger partial charge in [0.1, 0.15) is 5.75 Å². The maximum atomic E-state index is 10.7. The monoisotopic (exact) mass is 304 g/mol. The Balaban J connectivity index is 1.93. The first-order valence-corrected chi connectivity index (χ1v) is 8.64. The van der Waals surface area contributed by atoms with Crippen molar-refractivity contribution >= 4 is 11.4 Å². The lowest BCUT2D eigenvalue weighted by molar-refractivity contribution is 0.182. The molecule has 0 aliphatic carbocycles. The number of hydrogen-bond acceptors (Lipinski definition) is 4. The normalized spacial score (nSPS) is 19.5. The van der Waals surface area contributed by atoms with E-state index >= 15 is 0 Å². The molecule has 1 N–H and O–H groups in total. The number of hydrogen-bond donors (Lipinski definition) is 1. The molecule has 0 amide bonds. The number of phenolic OH excluding ortho intramolecular Hbond substituents is 1. The summed E-state index contributed by atoms with van der Waals surface area (Å²) in [5.41, 5.74) is 3.14. The topological polar surface area (TPSA) is 35.9 Å². The highest BCUT2D eigenvalue weighted by Gasteiger charge is 2.20. The summed E-state index contributed by atoms with van der Waals surface area (Å²) in [7, 11) is 1.69. The molecule has 1 aromatic rings. The second-order valence-electron chi connectivity index (χ2n) is 6.50. The summed E-state index contributed by atoms with van der Waals surface area (Å²) < 4.78 is 5.30. The highest BCUT2D eigenvalue weighted by Crippen LogP contribution is 2.38. The van der Waals surface area contributed by atoms with Crippen LogP contribution in [0.25, 0.3) is 0 Å². The first kappa shape index (κ1) is 15.5. The van der Waals surface area contributed by atoms with Gasteiger partial charge in [0.15, 0.2) is 0 Å². The molecule has 4 nitrogen and oxygen atoms in total. The largest absolute Gasteiger partial charge is 0.505 e. The van der Waals surface area contributed by atoms with Gasteiger partial charge in [0, 0.05) is 44.5 Å². The van der Waals surface area contributed by atoms with Gasteiger partial charge in [-0.15, -0.1) is 0 Å². The Labute approximate surface area is 133 Å². The molecule has 4 heteroatoms. The smallest absolute Gasteiger partial charge is 0.144 e. The minimum absolute atomic E-state index is 0.407. The Hall–Kier alpha value is -1.42. The Morgan fingerprint density at radius 3 is 2.09 bits per heavy atom. The van der Waals surface area contributed by atoms with Crippen molar-refractivity contribution in [3.05, 3.63) is 17.7 Å². The zero-order valence-electron chi connectivity index (χ0n) is 13.7. The second-order valence-corrected chi connectivity index (χ2v) is 6.50. The van der Waals surface area contributed by atoms with Crippen LogP contribution in [0.15, 0.2) is 12.1 Å². The SMILES string of the molecule is COCc1cc(N2CCCCC2)cc(N2CCCCC2)c1O. The van der Waals surface area contributed by atoms with Crippen molar-refractivity contribution in [2.45, 2.75) is 45.1 Å². The predicted octanol–water partition coefficient (Wildman–Crippen LogP) is 3.52. The summed E-state index contributed by atoms with van der Waals surface area (Å²) in [6.45, 7) is 4.80. The van der Waals surface area contributed by atoms with Gasteiger partial charge < -0.3 is 19.6 Å². The number of ether oxygens (including phenoxy) is 1. The minimum atomic E-state index is 0.407. The molecule has 2 aliphatic heterocycles. The van der Waals surface area contributed by atoms with Gasteiger partial charge in [-0.3, -0.25) is 0 Å².